The molecular formula is C7H11NO3. The summed E-state index contributed by atoms with van der Waals surface area (Å²) in [4.78, 5) is 30.8. The first-order valence-corrected chi connectivity index (χ1v) is 3.39. The summed E-state index contributed by atoms with van der Waals surface area (Å²) in [6.45, 7) is 0. The van der Waals surface area contributed by atoms with Crippen molar-refractivity contribution < 1.29 is 14.4 Å². The van der Waals surface area contributed by atoms with Gasteiger partial charge >= 0.3 is 0 Å². The summed E-state index contributed by atoms with van der Waals surface area (Å²) in [6.07, 6.45) is 1.19. The maximum absolute atomic E-state index is 10.6. The minimum Gasteiger partial charge on any atom is -0.359 e. The van der Waals surface area contributed by atoms with Gasteiger partial charge in [-0.15, -0.1) is 0 Å². The Hall–Kier alpha value is -1.19. The van der Waals surface area contributed by atoms with Gasteiger partial charge in [-0.2, -0.15) is 0 Å². The summed E-state index contributed by atoms with van der Waals surface area (Å²) < 4.78 is 0. The molecule has 0 rings (SSSR count). The molecule has 1 N–H and O–H groups in total. The first-order chi connectivity index (χ1) is 5.20. The van der Waals surface area contributed by atoms with Gasteiger partial charge in [-0.25, -0.2) is 0 Å². The first kappa shape index (κ1) is 9.81. The summed E-state index contributed by atoms with van der Waals surface area (Å²) in [5.74, 6) is -0.558. The number of hydrogen-bond acceptors (Lipinski definition) is 3. The van der Waals surface area contributed by atoms with E-state index in [-0.39, 0.29) is 18.6 Å². The van der Waals surface area contributed by atoms with Crippen LogP contribution in [0.4, 0.5) is 0 Å². The lowest BCUT2D eigenvalue weighted by atomic mass is 10.2. The Kier molecular flexibility index (Phi) is 4.98. The molecule has 1 amide bonds. The fraction of sp³-hybridized carbons (Fsp3) is 0.571. The normalized spacial score (nSPS) is 8.82. The average molecular weight is 157 g/mol. The SMILES string of the molecule is CNC(=O)CCCC(=O)C=O. The maximum atomic E-state index is 10.6. The second kappa shape index (κ2) is 5.58. The van der Waals surface area contributed by atoms with Crippen molar-refractivity contribution in [3.63, 3.8) is 0 Å². The highest BCUT2D eigenvalue weighted by Crippen LogP contribution is 1.94. The quantitative estimate of drug-likeness (QED) is 0.439. The van der Waals surface area contributed by atoms with Crippen LogP contribution in [0.3, 0.4) is 0 Å². The number of nitrogens with one attached hydrogen (secondary N) is 1. The van der Waals surface area contributed by atoms with Crippen molar-refractivity contribution in [1.82, 2.24) is 5.32 Å². The number of carbonyl (C=O) groups excluding carboxylic acids is 3. The Balaban J connectivity index is 3.34. The standard InChI is InChI=1S/C7H11NO3/c1-8-7(11)4-2-3-6(10)5-9/h5H,2-4H2,1H3,(H,8,11). The summed E-state index contributed by atoms with van der Waals surface area (Å²) in [7, 11) is 1.53. The van der Waals surface area contributed by atoms with Crippen molar-refractivity contribution in [2.24, 2.45) is 0 Å². The van der Waals surface area contributed by atoms with Crippen molar-refractivity contribution in [2.75, 3.05) is 7.05 Å². The topological polar surface area (TPSA) is 63.2 Å². The van der Waals surface area contributed by atoms with Gasteiger partial charge in [0.25, 0.3) is 0 Å². The largest absolute Gasteiger partial charge is 0.359 e. The molecule has 0 aromatic carbocycles. The van der Waals surface area contributed by atoms with E-state index >= 15 is 0 Å². The van der Waals surface area contributed by atoms with E-state index in [9.17, 15) is 14.4 Å². The Morgan fingerprint density at radius 1 is 1.36 bits per heavy atom. The molecule has 0 atom stereocenters. The second-order valence-corrected chi connectivity index (χ2v) is 2.11. The summed E-state index contributed by atoms with van der Waals surface area (Å²) in [6, 6.07) is 0. The zero-order valence-electron chi connectivity index (χ0n) is 6.42. The third-order valence-electron chi connectivity index (χ3n) is 1.24. The highest BCUT2D eigenvalue weighted by Gasteiger charge is 2.01. The fourth-order valence-electron chi connectivity index (χ4n) is 0.607. The lowest BCUT2D eigenvalue weighted by molar-refractivity contribution is -0.130. The van der Waals surface area contributed by atoms with Gasteiger partial charge in [0.2, 0.25) is 5.91 Å². The lowest BCUT2D eigenvalue weighted by Crippen LogP contribution is -2.17. The van der Waals surface area contributed by atoms with Gasteiger partial charge in [0, 0.05) is 19.9 Å². The third kappa shape index (κ3) is 5.26. The van der Waals surface area contributed by atoms with E-state index in [0.717, 1.165) is 0 Å². The zero-order chi connectivity index (χ0) is 8.69. The fourth-order valence-corrected chi connectivity index (χ4v) is 0.607. The monoisotopic (exact) mass is 157 g/mol. The maximum Gasteiger partial charge on any atom is 0.219 e. The molecule has 0 radical (unpaired) electrons. The summed E-state index contributed by atoms with van der Waals surface area (Å²) in [5, 5.41) is 2.42. The van der Waals surface area contributed by atoms with Crippen LogP contribution in [0.2, 0.25) is 0 Å². The van der Waals surface area contributed by atoms with E-state index in [4.69, 9.17) is 0 Å². The van der Waals surface area contributed by atoms with Crippen molar-refractivity contribution in [3.8, 4) is 0 Å². The van der Waals surface area contributed by atoms with Crippen molar-refractivity contribution in [1.29, 1.82) is 0 Å². The van der Waals surface area contributed by atoms with Gasteiger partial charge in [0.15, 0.2) is 12.1 Å². The van der Waals surface area contributed by atoms with Gasteiger partial charge in [0.1, 0.15) is 0 Å². The molecule has 0 spiro atoms. The molecular weight excluding hydrogens is 146 g/mol. The third-order valence-corrected chi connectivity index (χ3v) is 1.24. The number of rotatable bonds is 5. The highest BCUT2D eigenvalue weighted by atomic mass is 16.2. The number of amides is 1. The molecule has 0 saturated carbocycles. The number of aldehydes is 1. The highest BCUT2D eigenvalue weighted by molar-refractivity contribution is 6.24. The van der Waals surface area contributed by atoms with E-state index in [1.165, 1.54) is 7.05 Å². The molecule has 0 saturated heterocycles. The molecule has 62 valence electrons. The van der Waals surface area contributed by atoms with Gasteiger partial charge < -0.3 is 5.32 Å². The van der Waals surface area contributed by atoms with Crippen LogP contribution in [-0.2, 0) is 14.4 Å². The lowest BCUT2D eigenvalue weighted by Gasteiger charge is -1.95. The van der Waals surface area contributed by atoms with Crippen LogP contribution in [0.5, 0.6) is 0 Å². The van der Waals surface area contributed by atoms with Crippen LogP contribution in [0.25, 0.3) is 0 Å². The van der Waals surface area contributed by atoms with E-state index < -0.39 is 5.78 Å². The van der Waals surface area contributed by atoms with Crippen LogP contribution < -0.4 is 5.32 Å². The predicted molar refractivity (Wildman–Crippen MR) is 39.0 cm³/mol. The van der Waals surface area contributed by atoms with Crippen LogP contribution in [0, 0.1) is 0 Å². The predicted octanol–water partition coefficient (Wildman–Crippen LogP) is -0.329. The van der Waals surface area contributed by atoms with Gasteiger partial charge in [-0.05, 0) is 6.42 Å². The molecule has 0 bridgehead atoms. The Labute approximate surface area is 65.0 Å². The van der Waals surface area contributed by atoms with Crippen LogP contribution >= 0.6 is 0 Å². The molecule has 0 heterocycles. The molecule has 4 nitrogen and oxygen atoms in total. The van der Waals surface area contributed by atoms with Gasteiger partial charge in [-0.1, -0.05) is 0 Å². The first-order valence-electron chi connectivity index (χ1n) is 3.39. The van der Waals surface area contributed by atoms with E-state index in [1.807, 2.05) is 0 Å². The minimum absolute atomic E-state index is 0.108. The van der Waals surface area contributed by atoms with E-state index in [1.54, 1.807) is 0 Å². The Bertz CT molecular complexity index is 165. The van der Waals surface area contributed by atoms with Crippen LogP contribution in [0.15, 0.2) is 0 Å². The van der Waals surface area contributed by atoms with Gasteiger partial charge in [-0.3, -0.25) is 14.4 Å². The molecule has 0 aliphatic heterocycles. The van der Waals surface area contributed by atoms with Crippen molar-refractivity contribution >= 4 is 18.0 Å². The molecule has 0 aliphatic carbocycles. The number of Topliss-reactive ketones (excluding diaryl/α,β-unsaturated/α-hetero) is 1. The molecule has 0 unspecified atom stereocenters. The number of ketones is 1. The minimum atomic E-state index is -0.450. The molecule has 0 fully saturated rings. The second-order valence-electron chi connectivity index (χ2n) is 2.11. The Morgan fingerprint density at radius 2 is 2.00 bits per heavy atom. The molecule has 0 aliphatic rings. The van der Waals surface area contributed by atoms with E-state index in [0.29, 0.717) is 12.8 Å². The van der Waals surface area contributed by atoms with Crippen LogP contribution in [0.1, 0.15) is 19.3 Å². The van der Waals surface area contributed by atoms with Crippen LogP contribution in [-0.4, -0.2) is 25.0 Å². The molecule has 11 heavy (non-hydrogen) atoms. The molecule has 0 aromatic rings. The average Bonchev–Trinajstić information content (AvgIpc) is 2.04. The summed E-state index contributed by atoms with van der Waals surface area (Å²) >= 11 is 0. The molecule has 4 heteroatoms. The zero-order valence-corrected chi connectivity index (χ0v) is 6.42. The van der Waals surface area contributed by atoms with E-state index in [2.05, 4.69) is 5.32 Å². The van der Waals surface area contributed by atoms with Crippen molar-refractivity contribution in [2.45, 2.75) is 19.3 Å². The summed E-state index contributed by atoms with van der Waals surface area (Å²) in [5.41, 5.74) is 0. The van der Waals surface area contributed by atoms with Gasteiger partial charge in [0.05, 0.1) is 0 Å². The smallest absolute Gasteiger partial charge is 0.219 e. The van der Waals surface area contributed by atoms with Crippen molar-refractivity contribution in [3.05, 3.63) is 0 Å². The number of hydrogen-bond donors (Lipinski definition) is 1. The number of carbonyl (C=O) groups is 3. The molecule has 0 aromatic heterocycles. The Morgan fingerprint density at radius 3 is 2.45 bits per heavy atom.